The van der Waals surface area contributed by atoms with E-state index in [2.05, 4.69) is 32.9 Å². The highest BCUT2D eigenvalue weighted by molar-refractivity contribution is 4.89. The third kappa shape index (κ3) is 4.07. The molecule has 0 spiro atoms. The Labute approximate surface area is 128 Å². The van der Waals surface area contributed by atoms with Crippen LogP contribution in [0.3, 0.4) is 0 Å². The highest BCUT2D eigenvalue weighted by atomic mass is 15.2. The van der Waals surface area contributed by atoms with Gasteiger partial charge in [-0.05, 0) is 32.1 Å². The first kappa shape index (κ1) is 15.0. The summed E-state index contributed by atoms with van der Waals surface area (Å²) < 4.78 is 2.19. The molecule has 2 unspecified atom stereocenters. The highest BCUT2D eigenvalue weighted by Crippen LogP contribution is 2.28. The molecule has 1 saturated heterocycles. The lowest BCUT2D eigenvalue weighted by atomic mass is 9.82. The second-order valence-corrected chi connectivity index (χ2v) is 6.91. The van der Waals surface area contributed by atoms with Gasteiger partial charge in [0.2, 0.25) is 0 Å². The summed E-state index contributed by atoms with van der Waals surface area (Å²) >= 11 is 0. The zero-order valence-corrected chi connectivity index (χ0v) is 13.4. The van der Waals surface area contributed by atoms with Crippen LogP contribution < -0.4 is 5.32 Å². The fourth-order valence-electron chi connectivity index (χ4n) is 3.99. The Morgan fingerprint density at radius 3 is 2.81 bits per heavy atom. The summed E-state index contributed by atoms with van der Waals surface area (Å²) in [5, 5.41) is 3.82. The van der Waals surface area contributed by atoms with E-state index in [-0.39, 0.29) is 0 Å². The Kier molecular flexibility index (Phi) is 5.31. The molecule has 118 valence electrons. The van der Waals surface area contributed by atoms with Crippen molar-refractivity contribution in [3.63, 3.8) is 0 Å². The van der Waals surface area contributed by atoms with Crippen molar-refractivity contribution in [3.8, 4) is 0 Å². The van der Waals surface area contributed by atoms with Crippen molar-refractivity contribution >= 4 is 0 Å². The third-order valence-electron chi connectivity index (χ3n) is 5.37. The fraction of sp³-hybridized carbons (Fsp3) is 0.824. The van der Waals surface area contributed by atoms with Crippen molar-refractivity contribution < 1.29 is 0 Å². The van der Waals surface area contributed by atoms with Crippen molar-refractivity contribution in [1.29, 1.82) is 0 Å². The Morgan fingerprint density at radius 1 is 1.19 bits per heavy atom. The van der Waals surface area contributed by atoms with Crippen LogP contribution in [-0.2, 0) is 6.54 Å². The van der Waals surface area contributed by atoms with Crippen LogP contribution in [0, 0.1) is 5.92 Å². The number of imidazole rings is 1. The summed E-state index contributed by atoms with van der Waals surface area (Å²) in [6.07, 6.45) is 14.3. The molecule has 4 nitrogen and oxygen atoms in total. The maximum Gasteiger partial charge on any atom is 0.0945 e. The average molecular weight is 290 g/mol. The summed E-state index contributed by atoms with van der Waals surface area (Å²) in [6.45, 7) is 7.07. The highest BCUT2D eigenvalue weighted by Gasteiger charge is 2.30. The number of piperazine rings is 1. The molecule has 2 aliphatic rings. The molecule has 1 aromatic heterocycles. The summed E-state index contributed by atoms with van der Waals surface area (Å²) in [5.74, 6) is 0.919. The monoisotopic (exact) mass is 290 g/mol. The van der Waals surface area contributed by atoms with E-state index >= 15 is 0 Å². The van der Waals surface area contributed by atoms with Gasteiger partial charge in [0, 0.05) is 50.7 Å². The summed E-state index contributed by atoms with van der Waals surface area (Å²) in [4.78, 5) is 6.82. The van der Waals surface area contributed by atoms with E-state index < -0.39 is 0 Å². The first-order chi connectivity index (χ1) is 10.3. The molecule has 0 radical (unpaired) electrons. The minimum absolute atomic E-state index is 0.674. The first-order valence-electron chi connectivity index (χ1n) is 8.76. The van der Waals surface area contributed by atoms with Gasteiger partial charge in [0.15, 0.2) is 0 Å². The van der Waals surface area contributed by atoms with E-state index in [0.717, 1.165) is 25.0 Å². The third-order valence-corrected chi connectivity index (χ3v) is 5.37. The van der Waals surface area contributed by atoms with E-state index in [1.807, 2.05) is 12.5 Å². The zero-order chi connectivity index (χ0) is 14.5. The van der Waals surface area contributed by atoms with Gasteiger partial charge in [0.1, 0.15) is 0 Å². The Hall–Kier alpha value is -0.870. The molecule has 1 aromatic rings. The SMILES string of the molecule is CC1CNC(C2CCCCC2)CN1CCCn1ccnc1. The van der Waals surface area contributed by atoms with Gasteiger partial charge in [-0.3, -0.25) is 4.90 Å². The van der Waals surface area contributed by atoms with Gasteiger partial charge in [-0.15, -0.1) is 0 Å². The number of rotatable bonds is 5. The van der Waals surface area contributed by atoms with Crippen molar-refractivity contribution in [2.75, 3.05) is 19.6 Å². The summed E-state index contributed by atoms with van der Waals surface area (Å²) in [6, 6.07) is 1.40. The molecule has 1 N–H and O–H groups in total. The molecule has 0 bridgehead atoms. The van der Waals surface area contributed by atoms with Gasteiger partial charge in [-0.25, -0.2) is 4.98 Å². The molecule has 4 heteroatoms. The summed E-state index contributed by atoms with van der Waals surface area (Å²) in [5.41, 5.74) is 0. The first-order valence-corrected chi connectivity index (χ1v) is 8.76. The second-order valence-electron chi connectivity index (χ2n) is 6.91. The minimum Gasteiger partial charge on any atom is -0.337 e. The van der Waals surface area contributed by atoms with Crippen molar-refractivity contribution in [1.82, 2.24) is 19.8 Å². The fourth-order valence-corrected chi connectivity index (χ4v) is 3.99. The number of nitrogens with one attached hydrogen (secondary N) is 1. The molecule has 2 heterocycles. The van der Waals surface area contributed by atoms with E-state index in [1.54, 1.807) is 0 Å². The summed E-state index contributed by atoms with van der Waals surface area (Å²) in [7, 11) is 0. The number of aryl methyl sites for hydroxylation is 1. The standard InChI is InChI=1S/C17H30N4/c1-15-12-19-17(16-6-3-2-4-7-16)13-21(15)10-5-9-20-11-8-18-14-20/h8,11,14-17,19H,2-7,9-10,12-13H2,1H3. The smallest absolute Gasteiger partial charge is 0.0945 e. The molecular formula is C17H30N4. The average Bonchev–Trinajstić information content (AvgIpc) is 3.03. The molecule has 2 fully saturated rings. The maximum absolute atomic E-state index is 4.12. The van der Waals surface area contributed by atoms with Gasteiger partial charge in [0.25, 0.3) is 0 Å². The van der Waals surface area contributed by atoms with Crippen LogP contribution in [0.1, 0.15) is 45.4 Å². The lowest BCUT2D eigenvalue weighted by Gasteiger charge is -2.43. The van der Waals surface area contributed by atoms with Gasteiger partial charge in [-0.2, -0.15) is 0 Å². The van der Waals surface area contributed by atoms with E-state index in [0.29, 0.717) is 6.04 Å². The molecule has 0 amide bonds. The van der Waals surface area contributed by atoms with Gasteiger partial charge in [0.05, 0.1) is 6.33 Å². The lowest BCUT2D eigenvalue weighted by molar-refractivity contribution is 0.102. The van der Waals surface area contributed by atoms with E-state index in [9.17, 15) is 0 Å². The lowest BCUT2D eigenvalue weighted by Crippen LogP contribution is -2.58. The topological polar surface area (TPSA) is 33.1 Å². The van der Waals surface area contributed by atoms with Crippen LogP contribution in [0.5, 0.6) is 0 Å². The number of aromatic nitrogens is 2. The van der Waals surface area contributed by atoms with Crippen molar-refractivity contribution in [2.24, 2.45) is 5.92 Å². The Balaban J connectivity index is 1.46. The molecule has 1 aliphatic carbocycles. The van der Waals surface area contributed by atoms with E-state index in [4.69, 9.17) is 0 Å². The van der Waals surface area contributed by atoms with E-state index in [1.165, 1.54) is 51.6 Å². The van der Waals surface area contributed by atoms with Crippen LogP contribution in [0.25, 0.3) is 0 Å². The predicted molar refractivity (Wildman–Crippen MR) is 86.2 cm³/mol. The Morgan fingerprint density at radius 2 is 2.05 bits per heavy atom. The van der Waals surface area contributed by atoms with Crippen LogP contribution in [0.4, 0.5) is 0 Å². The molecule has 1 saturated carbocycles. The molecular weight excluding hydrogens is 260 g/mol. The quantitative estimate of drug-likeness (QED) is 0.904. The molecule has 2 atom stereocenters. The van der Waals surface area contributed by atoms with Gasteiger partial charge >= 0.3 is 0 Å². The molecule has 21 heavy (non-hydrogen) atoms. The van der Waals surface area contributed by atoms with Gasteiger partial charge < -0.3 is 9.88 Å². The van der Waals surface area contributed by atoms with Crippen LogP contribution in [0.2, 0.25) is 0 Å². The van der Waals surface area contributed by atoms with Crippen LogP contribution in [0.15, 0.2) is 18.7 Å². The number of nitrogens with zero attached hydrogens (tertiary/aromatic N) is 3. The second kappa shape index (κ2) is 7.41. The molecule has 0 aromatic carbocycles. The van der Waals surface area contributed by atoms with Crippen LogP contribution >= 0.6 is 0 Å². The molecule has 1 aliphatic heterocycles. The zero-order valence-electron chi connectivity index (χ0n) is 13.4. The predicted octanol–water partition coefficient (Wildman–Crippen LogP) is 2.52. The molecule has 3 rings (SSSR count). The van der Waals surface area contributed by atoms with Crippen molar-refractivity contribution in [3.05, 3.63) is 18.7 Å². The Bertz CT molecular complexity index is 397. The largest absolute Gasteiger partial charge is 0.337 e. The van der Waals surface area contributed by atoms with Gasteiger partial charge in [-0.1, -0.05) is 19.3 Å². The maximum atomic E-state index is 4.12. The number of hydrogen-bond donors (Lipinski definition) is 1. The van der Waals surface area contributed by atoms with Crippen LogP contribution in [-0.4, -0.2) is 46.2 Å². The normalized spacial score (nSPS) is 28.8. The van der Waals surface area contributed by atoms with Crippen molar-refractivity contribution in [2.45, 2.75) is 64.1 Å². The minimum atomic E-state index is 0.674. The number of hydrogen-bond acceptors (Lipinski definition) is 3.